The van der Waals surface area contributed by atoms with Crippen LogP contribution in [0.2, 0.25) is 0 Å². The molecule has 4 nitrogen and oxygen atoms in total. The van der Waals surface area contributed by atoms with Crippen LogP contribution < -0.4 is 4.18 Å². The summed E-state index contributed by atoms with van der Waals surface area (Å²) in [7, 11) is -3.48. The first-order chi connectivity index (χ1) is 6.01. The van der Waals surface area contributed by atoms with E-state index in [9.17, 15) is 8.42 Å². The summed E-state index contributed by atoms with van der Waals surface area (Å²) in [5.41, 5.74) is 0.911. The van der Waals surface area contributed by atoms with Crippen LogP contribution in [0.4, 0.5) is 0 Å². The number of rotatable bonds is 3. The van der Waals surface area contributed by atoms with Crippen molar-refractivity contribution in [2.45, 2.75) is 5.33 Å². The highest BCUT2D eigenvalue weighted by Crippen LogP contribution is 2.13. The summed E-state index contributed by atoms with van der Waals surface area (Å²) in [5.74, 6) is 0.0967. The molecule has 0 atom stereocenters. The first kappa shape index (κ1) is 10.5. The number of nitrogens with zero attached hydrogens (tertiary/aromatic N) is 1. The third-order valence-electron chi connectivity index (χ3n) is 1.19. The minimum atomic E-state index is -3.48. The highest BCUT2D eigenvalue weighted by atomic mass is 79.9. The van der Waals surface area contributed by atoms with Gasteiger partial charge in [-0.15, -0.1) is 0 Å². The van der Waals surface area contributed by atoms with Crippen LogP contribution in [0.3, 0.4) is 0 Å². The van der Waals surface area contributed by atoms with E-state index in [1.807, 2.05) is 0 Å². The Kier molecular flexibility index (Phi) is 3.27. The zero-order chi connectivity index (χ0) is 9.90. The van der Waals surface area contributed by atoms with E-state index in [4.69, 9.17) is 0 Å². The maximum Gasteiger partial charge on any atom is 0.307 e. The Labute approximate surface area is 85.2 Å². The van der Waals surface area contributed by atoms with E-state index in [1.54, 1.807) is 12.1 Å². The molecule has 0 N–H and O–H groups in total. The van der Waals surface area contributed by atoms with E-state index in [0.29, 0.717) is 5.33 Å². The quantitative estimate of drug-likeness (QED) is 0.611. The monoisotopic (exact) mass is 265 g/mol. The zero-order valence-corrected chi connectivity index (χ0v) is 9.30. The summed E-state index contributed by atoms with van der Waals surface area (Å²) in [6.07, 6.45) is 2.48. The maximum absolute atomic E-state index is 10.7. The molecule has 0 fully saturated rings. The number of pyridine rings is 1. The van der Waals surface area contributed by atoms with Gasteiger partial charge < -0.3 is 4.18 Å². The van der Waals surface area contributed by atoms with Crippen LogP contribution in [0.25, 0.3) is 0 Å². The highest BCUT2D eigenvalue weighted by Gasteiger charge is 2.05. The number of aromatic nitrogens is 1. The van der Waals surface area contributed by atoms with Crippen molar-refractivity contribution in [3.8, 4) is 5.88 Å². The largest absolute Gasteiger partial charge is 0.362 e. The molecule has 0 aliphatic heterocycles. The van der Waals surface area contributed by atoms with Crippen LogP contribution in [0.1, 0.15) is 5.56 Å². The molecule has 0 bridgehead atoms. The average Bonchev–Trinajstić information content (AvgIpc) is 2.01. The van der Waals surface area contributed by atoms with Crippen LogP contribution >= 0.6 is 15.9 Å². The Bertz CT molecular complexity index is 390. The zero-order valence-electron chi connectivity index (χ0n) is 6.90. The van der Waals surface area contributed by atoms with Crippen molar-refractivity contribution >= 4 is 26.0 Å². The molecule has 0 amide bonds. The second-order valence-corrected chi connectivity index (χ2v) is 4.56. The van der Waals surface area contributed by atoms with E-state index in [2.05, 4.69) is 25.1 Å². The molecular formula is C7H8BrNO3S. The van der Waals surface area contributed by atoms with Crippen molar-refractivity contribution in [1.29, 1.82) is 0 Å². The van der Waals surface area contributed by atoms with Gasteiger partial charge in [0.25, 0.3) is 0 Å². The molecule has 1 rings (SSSR count). The average molecular weight is 266 g/mol. The molecule has 1 aromatic heterocycles. The molecule has 1 heterocycles. The Hall–Kier alpha value is -0.620. The second-order valence-electron chi connectivity index (χ2n) is 2.42. The fourth-order valence-electron chi connectivity index (χ4n) is 0.734. The van der Waals surface area contributed by atoms with Gasteiger partial charge in [0.2, 0.25) is 5.88 Å². The first-order valence-electron chi connectivity index (χ1n) is 3.41. The Morgan fingerprint density at radius 1 is 1.62 bits per heavy atom. The van der Waals surface area contributed by atoms with Gasteiger partial charge in [-0.25, -0.2) is 4.98 Å². The molecule has 0 aliphatic rings. The van der Waals surface area contributed by atoms with Gasteiger partial charge in [-0.3, -0.25) is 0 Å². The molecule has 0 unspecified atom stereocenters. The van der Waals surface area contributed by atoms with Crippen LogP contribution in [0.5, 0.6) is 5.88 Å². The van der Waals surface area contributed by atoms with Crippen LogP contribution in [0.15, 0.2) is 18.3 Å². The van der Waals surface area contributed by atoms with E-state index in [0.717, 1.165) is 11.8 Å². The van der Waals surface area contributed by atoms with Crippen molar-refractivity contribution in [3.63, 3.8) is 0 Å². The highest BCUT2D eigenvalue weighted by molar-refractivity contribution is 9.08. The molecule has 72 valence electrons. The van der Waals surface area contributed by atoms with Gasteiger partial charge in [0.15, 0.2) is 0 Å². The minimum absolute atomic E-state index is 0.0967. The van der Waals surface area contributed by atoms with E-state index in [1.165, 1.54) is 6.20 Å². The Morgan fingerprint density at radius 2 is 2.31 bits per heavy atom. The molecule has 13 heavy (non-hydrogen) atoms. The Morgan fingerprint density at radius 3 is 2.85 bits per heavy atom. The van der Waals surface area contributed by atoms with Gasteiger partial charge >= 0.3 is 10.1 Å². The second kappa shape index (κ2) is 4.06. The number of hydrogen-bond donors (Lipinski definition) is 0. The molecule has 0 radical (unpaired) electrons. The first-order valence-corrected chi connectivity index (χ1v) is 6.35. The number of hydrogen-bond acceptors (Lipinski definition) is 4. The van der Waals surface area contributed by atoms with Crippen molar-refractivity contribution in [2.24, 2.45) is 0 Å². The Balaban J connectivity index is 2.90. The molecule has 0 saturated carbocycles. The van der Waals surface area contributed by atoms with Gasteiger partial charge in [-0.2, -0.15) is 8.42 Å². The lowest BCUT2D eigenvalue weighted by Gasteiger charge is -2.01. The topological polar surface area (TPSA) is 56.3 Å². The smallest absolute Gasteiger partial charge is 0.307 e. The normalized spacial score (nSPS) is 11.2. The molecule has 0 aromatic carbocycles. The third-order valence-corrected chi connectivity index (χ3v) is 2.31. The lowest BCUT2D eigenvalue weighted by Crippen LogP contribution is -2.06. The van der Waals surface area contributed by atoms with Crippen molar-refractivity contribution < 1.29 is 12.6 Å². The van der Waals surface area contributed by atoms with Crippen molar-refractivity contribution in [3.05, 3.63) is 23.9 Å². The molecular weight excluding hydrogens is 258 g/mol. The predicted molar refractivity (Wildman–Crippen MR) is 52.3 cm³/mol. The summed E-state index contributed by atoms with van der Waals surface area (Å²) in [6.45, 7) is 0. The molecule has 0 saturated heterocycles. The van der Waals surface area contributed by atoms with Crippen molar-refractivity contribution in [1.82, 2.24) is 4.98 Å². The summed E-state index contributed by atoms with van der Waals surface area (Å²) >= 11 is 3.24. The number of halogens is 1. The van der Waals surface area contributed by atoms with Gasteiger partial charge in [0, 0.05) is 17.6 Å². The summed E-state index contributed by atoms with van der Waals surface area (Å²) in [6, 6.07) is 3.33. The molecule has 1 aromatic rings. The van der Waals surface area contributed by atoms with Crippen LogP contribution in [0, 0.1) is 0 Å². The van der Waals surface area contributed by atoms with E-state index < -0.39 is 10.1 Å². The summed E-state index contributed by atoms with van der Waals surface area (Å²) in [4.78, 5) is 3.75. The molecule has 0 aliphatic carbocycles. The van der Waals surface area contributed by atoms with Gasteiger partial charge in [0.05, 0.1) is 6.26 Å². The summed E-state index contributed by atoms with van der Waals surface area (Å²) < 4.78 is 26.0. The predicted octanol–water partition coefficient (Wildman–Crippen LogP) is 1.31. The van der Waals surface area contributed by atoms with E-state index in [-0.39, 0.29) is 5.88 Å². The molecule has 0 spiro atoms. The maximum atomic E-state index is 10.7. The van der Waals surface area contributed by atoms with Gasteiger partial charge in [0.1, 0.15) is 0 Å². The SMILES string of the molecule is CS(=O)(=O)Oc1cc(CBr)ccn1. The fraction of sp³-hybridized carbons (Fsp3) is 0.286. The summed E-state index contributed by atoms with van der Waals surface area (Å²) in [5, 5.41) is 0.635. The lowest BCUT2D eigenvalue weighted by atomic mass is 10.3. The van der Waals surface area contributed by atoms with E-state index >= 15 is 0 Å². The minimum Gasteiger partial charge on any atom is -0.362 e. The van der Waals surface area contributed by atoms with Gasteiger partial charge in [-0.05, 0) is 11.6 Å². The fourth-order valence-corrected chi connectivity index (χ4v) is 1.48. The van der Waals surface area contributed by atoms with Crippen LogP contribution in [-0.2, 0) is 15.4 Å². The molecule has 6 heteroatoms. The van der Waals surface area contributed by atoms with Crippen LogP contribution in [-0.4, -0.2) is 19.7 Å². The van der Waals surface area contributed by atoms with Gasteiger partial charge in [-0.1, -0.05) is 15.9 Å². The number of alkyl halides is 1. The lowest BCUT2D eigenvalue weighted by molar-refractivity contribution is 0.482. The van der Waals surface area contributed by atoms with Crippen molar-refractivity contribution in [2.75, 3.05) is 6.26 Å². The third kappa shape index (κ3) is 3.73. The standard InChI is InChI=1S/C7H8BrNO3S/c1-13(10,11)12-7-4-6(5-8)2-3-9-7/h2-4H,5H2,1H3.